The van der Waals surface area contributed by atoms with E-state index >= 15 is 0 Å². The van der Waals surface area contributed by atoms with Crippen LogP contribution in [-0.2, 0) is 17.0 Å². The Labute approximate surface area is 169 Å². The van der Waals surface area contributed by atoms with E-state index in [9.17, 15) is 9.18 Å². The van der Waals surface area contributed by atoms with Gasteiger partial charge in [-0.05, 0) is 34.0 Å². The highest BCUT2D eigenvalue weighted by molar-refractivity contribution is 8.00. The van der Waals surface area contributed by atoms with E-state index in [1.807, 2.05) is 48.5 Å². The molecule has 4 nitrogen and oxygen atoms in total. The summed E-state index contributed by atoms with van der Waals surface area (Å²) in [5.41, 5.74) is 1.85. The quantitative estimate of drug-likeness (QED) is 0.347. The number of rotatable bonds is 6. The Balaban J connectivity index is 1.37. The summed E-state index contributed by atoms with van der Waals surface area (Å²) in [6.07, 6.45) is 0.271. The number of fused-ring (bicyclic) bond motifs is 1. The van der Waals surface area contributed by atoms with Gasteiger partial charge >= 0.3 is 0 Å². The van der Waals surface area contributed by atoms with Crippen molar-refractivity contribution in [3.05, 3.63) is 83.7 Å². The Morgan fingerprint density at radius 2 is 1.86 bits per heavy atom. The van der Waals surface area contributed by atoms with Gasteiger partial charge in [-0.2, -0.15) is 0 Å². The topological polar surface area (TPSA) is 54.9 Å². The van der Waals surface area contributed by atoms with Crippen LogP contribution in [0.2, 0.25) is 0 Å². The molecule has 3 aromatic carbocycles. The van der Waals surface area contributed by atoms with Gasteiger partial charge in [0.05, 0.1) is 6.42 Å². The molecule has 0 radical (unpaired) electrons. The van der Waals surface area contributed by atoms with Crippen LogP contribution >= 0.6 is 23.1 Å². The molecule has 0 fully saturated rings. The van der Waals surface area contributed by atoms with Gasteiger partial charge in [-0.3, -0.25) is 4.79 Å². The van der Waals surface area contributed by atoms with E-state index < -0.39 is 0 Å². The van der Waals surface area contributed by atoms with Crippen LogP contribution in [0.3, 0.4) is 0 Å². The molecule has 4 rings (SSSR count). The van der Waals surface area contributed by atoms with Gasteiger partial charge in [0.15, 0.2) is 4.34 Å². The molecule has 4 aromatic rings. The van der Waals surface area contributed by atoms with Crippen molar-refractivity contribution < 1.29 is 9.18 Å². The highest BCUT2D eigenvalue weighted by atomic mass is 32.2. The fraction of sp³-hybridized carbons (Fsp3) is 0.0952. The normalized spacial score (nSPS) is 10.9. The Kier molecular flexibility index (Phi) is 5.64. The number of amides is 1. The minimum Gasteiger partial charge on any atom is -0.300 e. The van der Waals surface area contributed by atoms with Gasteiger partial charge < -0.3 is 5.32 Å². The number of carbonyl (C=O) groups is 1. The second-order valence-electron chi connectivity index (χ2n) is 6.15. The van der Waals surface area contributed by atoms with Crippen LogP contribution in [0.5, 0.6) is 0 Å². The molecule has 28 heavy (non-hydrogen) atoms. The molecular weight excluding hydrogens is 393 g/mol. The molecule has 7 heteroatoms. The first kappa shape index (κ1) is 18.6. The molecule has 1 heterocycles. The molecule has 0 saturated carbocycles. The standard InChI is InChI=1S/C21H16FN3OS2/c22-17-9-3-5-14(11-17)13-27-21-25-24-20(28-21)23-19(26)12-16-8-4-7-15-6-1-2-10-18(15)16/h1-11H,12-13H2,(H,23,24,26). The minimum absolute atomic E-state index is 0.130. The molecule has 1 aromatic heterocycles. The average Bonchev–Trinajstić information content (AvgIpc) is 3.14. The first-order chi connectivity index (χ1) is 13.7. The maximum absolute atomic E-state index is 13.2. The maximum atomic E-state index is 13.2. The lowest BCUT2D eigenvalue weighted by atomic mass is 10.0. The number of nitrogens with zero attached hydrogens (tertiary/aromatic N) is 2. The first-order valence-electron chi connectivity index (χ1n) is 8.64. The van der Waals surface area contributed by atoms with Gasteiger partial charge in [0.2, 0.25) is 11.0 Å². The molecule has 0 saturated heterocycles. The van der Waals surface area contributed by atoms with Crippen LogP contribution in [0.1, 0.15) is 11.1 Å². The maximum Gasteiger partial charge on any atom is 0.230 e. The van der Waals surface area contributed by atoms with Crippen molar-refractivity contribution in [2.24, 2.45) is 0 Å². The molecule has 0 spiro atoms. The summed E-state index contributed by atoms with van der Waals surface area (Å²) in [5, 5.41) is 13.6. The van der Waals surface area contributed by atoms with Gasteiger partial charge in [0.25, 0.3) is 0 Å². The highest BCUT2D eigenvalue weighted by Crippen LogP contribution is 2.28. The summed E-state index contributed by atoms with van der Waals surface area (Å²) in [6, 6.07) is 20.4. The number of benzene rings is 3. The van der Waals surface area contributed by atoms with Gasteiger partial charge in [-0.15, -0.1) is 10.2 Å². The molecule has 0 atom stereocenters. The monoisotopic (exact) mass is 409 g/mol. The third kappa shape index (κ3) is 4.55. The van der Waals surface area contributed by atoms with Gasteiger partial charge in [-0.25, -0.2) is 4.39 Å². The van der Waals surface area contributed by atoms with Crippen molar-refractivity contribution in [3.63, 3.8) is 0 Å². The van der Waals surface area contributed by atoms with E-state index in [4.69, 9.17) is 0 Å². The summed E-state index contributed by atoms with van der Waals surface area (Å²) in [4.78, 5) is 12.4. The highest BCUT2D eigenvalue weighted by Gasteiger charge is 2.11. The van der Waals surface area contributed by atoms with Crippen molar-refractivity contribution in [3.8, 4) is 0 Å². The van der Waals surface area contributed by atoms with E-state index in [-0.39, 0.29) is 18.1 Å². The van der Waals surface area contributed by atoms with E-state index in [0.717, 1.165) is 26.2 Å². The van der Waals surface area contributed by atoms with Crippen molar-refractivity contribution in [1.29, 1.82) is 0 Å². The Morgan fingerprint density at radius 3 is 2.75 bits per heavy atom. The summed E-state index contributed by atoms with van der Waals surface area (Å²) in [7, 11) is 0. The zero-order chi connectivity index (χ0) is 19.3. The summed E-state index contributed by atoms with van der Waals surface area (Å²) in [6.45, 7) is 0. The van der Waals surface area contributed by atoms with Crippen LogP contribution in [0.4, 0.5) is 9.52 Å². The lowest BCUT2D eigenvalue weighted by Crippen LogP contribution is -2.14. The number of halogens is 1. The summed E-state index contributed by atoms with van der Waals surface area (Å²) < 4.78 is 14.0. The number of anilines is 1. The largest absolute Gasteiger partial charge is 0.300 e. The number of thioether (sulfide) groups is 1. The fourth-order valence-electron chi connectivity index (χ4n) is 2.87. The van der Waals surface area contributed by atoms with Crippen molar-refractivity contribution in [1.82, 2.24) is 10.2 Å². The molecule has 0 aliphatic carbocycles. The first-order valence-corrected chi connectivity index (χ1v) is 10.4. The molecule has 0 aliphatic heterocycles. The van der Waals surface area contributed by atoms with Crippen LogP contribution < -0.4 is 5.32 Å². The van der Waals surface area contributed by atoms with Crippen molar-refractivity contribution >= 4 is 44.9 Å². The number of nitrogens with one attached hydrogen (secondary N) is 1. The molecule has 0 aliphatic rings. The van der Waals surface area contributed by atoms with E-state index in [0.29, 0.717) is 10.9 Å². The van der Waals surface area contributed by atoms with Gasteiger partial charge in [-0.1, -0.05) is 77.7 Å². The summed E-state index contributed by atoms with van der Waals surface area (Å²) in [5.74, 6) is 0.210. The van der Waals surface area contributed by atoms with Crippen LogP contribution in [-0.4, -0.2) is 16.1 Å². The second kappa shape index (κ2) is 8.50. The molecule has 1 N–H and O–H groups in total. The molecule has 0 unspecified atom stereocenters. The van der Waals surface area contributed by atoms with Crippen LogP contribution in [0.25, 0.3) is 10.8 Å². The number of hydrogen-bond donors (Lipinski definition) is 1. The van der Waals surface area contributed by atoms with Crippen molar-refractivity contribution in [2.45, 2.75) is 16.5 Å². The zero-order valence-electron chi connectivity index (χ0n) is 14.8. The van der Waals surface area contributed by atoms with Gasteiger partial charge in [0.1, 0.15) is 5.82 Å². The van der Waals surface area contributed by atoms with Crippen molar-refractivity contribution in [2.75, 3.05) is 5.32 Å². The lowest BCUT2D eigenvalue weighted by molar-refractivity contribution is -0.115. The van der Waals surface area contributed by atoms with E-state index in [1.54, 1.807) is 6.07 Å². The average molecular weight is 410 g/mol. The fourth-order valence-corrected chi connectivity index (χ4v) is 4.58. The molecular formula is C21H16FN3OS2. The van der Waals surface area contributed by atoms with E-state index in [1.165, 1.54) is 35.2 Å². The number of carbonyl (C=O) groups excluding carboxylic acids is 1. The lowest BCUT2D eigenvalue weighted by Gasteiger charge is -2.06. The Hall–Kier alpha value is -2.77. The van der Waals surface area contributed by atoms with E-state index in [2.05, 4.69) is 15.5 Å². The second-order valence-corrected chi connectivity index (χ2v) is 8.35. The smallest absolute Gasteiger partial charge is 0.230 e. The molecule has 0 bridgehead atoms. The van der Waals surface area contributed by atoms with Gasteiger partial charge in [0, 0.05) is 5.75 Å². The Morgan fingerprint density at radius 1 is 1.04 bits per heavy atom. The molecule has 1 amide bonds. The minimum atomic E-state index is -0.253. The van der Waals surface area contributed by atoms with Crippen LogP contribution in [0, 0.1) is 5.82 Å². The zero-order valence-corrected chi connectivity index (χ0v) is 16.4. The SMILES string of the molecule is O=C(Cc1cccc2ccccc12)Nc1nnc(SCc2cccc(F)c2)s1. The van der Waals surface area contributed by atoms with Crippen LogP contribution in [0.15, 0.2) is 71.1 Å². The summed E-state index contributed by atoms with van der Waals surface area (Å²) >= 11 is 2.78. The third-order valence-corrected chi connectivity index (χ3v) is 6.18. The number of hydrogen-bond acceptors (Lipinski definition) is 5. The Bertz CT molecular complexity index is 1120. The number of aromatic nitrogens is 2. The predicted octanol–water partition coefficient (Wildman–Crippen LogP) is 5.30. The predicted molar refractivity (Wildman–Crippen MR) is 112 cm³/mol. The molecule has 140 valence electrons. The third-order valence-electron chi connectivity index (χ3n) is 4.14.